The Hall–Kier alpha value is 0.0700. The molecule has 0 amide bonds. The molecule has 0 aliphatic heterocycles. The fraction of sp³-hybridized carbons (Fsp3) is 0.962. The van der Waals surface area contributed by atoms with E-state index < -0.39 is 0 Å². The lowest BCUT2D eigenvalue weighted by Crippen LogP contribution is -2.58. The van der Waals surface area contributed by atoms with Crippen LogP contribution in [0.25, 0.3) is 0 Å². The van der Waals surface area contributed by atoms with Crippen LogP contribution < -0.4 is 0 Å². The molecule has 0 bridgehead atoms. The number of Topliss-reactive ketones (excluding diaryl/α,β-unsaturated/α-hetero) is 1. The fourth-order valence-corrected chi connectivity index (χ4v) is 10.7. The molecule has 0 heterocycles. The standard InChI is InChI=1S/C26H41BrO3/c1-17(28)26(27)12-4-11-25-14-10-21-20(22(25)7-8-23(25)26)6-5-18-15-19(30-16-29-3)9-13-24(18,21)2/h18-23H,4-16H2,1-3H3/t18-,19+,20?,21?,22?,23-,24-,25-,26?/m0/s1. The smallest absolute Gasteiger partial charge is 0.146 e. The van der Waals surface area contributed by atoms with Crippen LogP contribution in [0.3, 0.4) is 0 Å². The van der Waals surface area contributed by atoms with Crippen molar-refractivity contribution in [3.63, 3.8) is 0 Å². The van der Waals surface area contributed by atoms with Gasteiger partial charge < -0.3 is 9.47 Å². The summed E-state index contributed by atoms with van der Waals surface area (Å²) in [5.41, 5.74) is 0.937. The maximum Gasteiger partial charge on any atom is 0.146 e. The lowest BCUT2D eigenvalue weighted by Gasteiger charge is -2.63. The molecule has 5 aliphatic rings. The van der Waals surface area contributed by atoms with Gasteiger partial charge in [-0.25, -0.2) is 0 Å². The van der Waals surface area contributed by atoms with Crippen LogP contribution in [0, 0.1) is 40.4 Å². The second kappa shape index (κ2) is 7.83. The van der Waals surface area contributed by atoms with Crippen molar-refractivity contribution < 1.29 is 14.3 Å². The number of ether oxygens (including phenoxy) is 2. The van der Waals surface area contributed by atoms with Crippen LogP contribution in [-0.4, -0.2) is 30.1 Å². The highest BCUT2D eigenvalue weighted by Gasteiger charge is 2.66. The molecule has 5 fully saturated rings. The molecule has 30 heavy (non-hydrogen) atoms. The number of methoxy groups -OCH3 is 1. The van der Waals surface area contributed by atoms with Crippen LogP contribution >= 0.6 is 15.9 Å². The highest BCUT2D eigenvalue weighted by molar-refractivity contribution is 9.10. The third-order valence-electron chi connectivity index (χ3n) is 11.1. The van der Waals surface area contributed by atoms with E-state index >= 15 is 0 Å². The number of fused-ring (bicyclic) bond motifs is 4. The molecule has 5 rings (SSSR count). The van der Waals surface area contributed by atoms with Crippen molar-refractivity contribution in [3.05, 3.63) is 0 Å². The van der Waals surface area contributed by atoms with Gasteiger partial charge in [-0.2, -0.15) is 0 Å². The maximum absolute atomic E-state index is 12.7. The molecule has 3 nitrogen and oxygen atoms in total. The highest BCUT2D eigenvalue weighted by atomic mass is 79.9. The van der Waals surface area contributed by atoms with Crippen molar-refractivity contribution >= 4 is 21.7 Å². The minimum Gasteiger partial charge on any atom is -0.359 e. The Balaban J connectivity index is 1.37. The van der Waals surface area contributed by atoms with Gasteiger partial charge in [-0.05, 0) is 118 Å². The van der Waals surface area contributed by atoms with Crippen LogP contribution in [0.4, 0.5) is 0 Å². The molecule has 0 radical (unpaired) electrons. The van der Waals surface area contributed by atoms with Gasteiger partial charge in [0, 0.05) is 7.11 Å². The van der Waals surface area contributed by atoms with Crippen LogP contribution in [0.15, 0.2) is 0 Å². The molecule has 170 valence electrons. The van der Waals surface area contributed by atoms with Gasteiger partial charge in [0.1, 0.15) is 12.6 Å². The van der Waals surface area contributed by atoms with Crippen LogP contribution in [0.5, 0.6) is 0 Å². The van der Waals surface area contributed by atoms with E-state index in [9.17, 15) is 4.79 Å². The van der Waals surface area contributed by atoms with Gasteiger partial charge in [0.15, 0.2) is 0 Å². The monoisotopic (exact) mass is 480 g/mol. The molecular weight excluding hydrogens is 440 g/mol. The second-order valence-electron chi connectivity index (χ2n) is 11.8. The van der Waals surface area contributed by atoms with Crippen molar-refractivity contribution in [2.45, 2.75) is 101 Å². The summed E-state index contributed by atoms with van der Waals surface area (Å²) in [4.78, 5) is 12.7. The van der Waals surface area contributed by atoms with E-state index in [-0.39, 0.29) is 4.32 Å². The fourth-order valence-electron chi connectivity index (χ4n) is 9.78. The van der Waals surface area contributed by atoms with Crippen molar-refractivity contribution in [1.29, 1.82) is 0 Å². The molecule has 4 unspecified atom stereocenters. The average Bonchev–Trinajstić information content (AvgIpc) is 3.13. The molecule has 9 atom stereocenters. The molecule has 1 spiro atoms. The molecular formula is C26H41BrO3. The summed E-state index contributed by atoms with van der Waals surface area (Å²) in [5.74, 6) is 4.42. The average molecular weight is 482 g/mol. The first-order valence-corrected chi connectivity index (χ1v) is 13.4. The summed E-state index contributed by atoms with van der Waals surface area (Å²) in [6, 6.07) is 0. The predicted octanol–water partition coefficient (Wildman–Crippen LogP) is 6.52. The van der Waals surface area contributed by atoms with Gasteiger partial charge in [0.25, 0.3) is 0 Å². The molecule has 0 aromatic carbocycles. The summed E-state index contributed by atoms with van der Waals surface area (Å²) in [5, 5.41) is 0. The zero-order valence-corrected chi connectivity index (χ0v) is 20.8. The Morgan fingerprint density at radius 2 is 1.83 bits per heavy atom. The molecule has 0 aromatic heterocycles. The lowest BCUT2D eigenvalue weighted by atomic mass is 9.43. The molecule has 5 saturated carbocycles. The summed E-state index contributed by atoms with van der Waals surface area (Å²) >= 11 is 4.03. The number of carbonyl (C=O) groups excluding carboxylic acids is 1. The van der Waals surface area contributed by atoms with E-state index in [1.165, 1.54) is 70.6 Å². The van der Waals surface area contributed by atoms with Crippen molar-refractivity contribution in [3.8, 4) is 0 Å². The first-order chi connectivity index (χ1) is 14.3. The Bertz CT molecular complexity index is 681. The molecule has 0 N–H and O–H groups in total. The van der Waals surface area contributed by atoms with E-state index in [1.807, 2.05) is 6.92 Å². The summed E-state index contributed by atoms with van der Waals surface area (Å²) in [6.45, 7) is 4.91. The van der Waals surface area contributed by atoms with Gasteiger partial charge in [-0.3, -0.25) is 4.79 Å². The normalized spacial score (nSPS) is 52.7. The number of halogens is 1. The van der Waals surface area contributed by atoms with Crippen molar-refractivity contribution in [1.82, 2.24) is 0 Å². The third kappa shape index (κ3) is 3.05. The SMILES string of the molecule is COCO[C@@H]1CC[C@]2(C)C3CC[C@]45CCCC(Br)(C(C)=O)[C@H]4CCC5C3CC[C@H]2C1. The van der Waals surface area contributed by atoms with Crippen LogP contribution in [0.2, 0.25) is 0 Å². The molecule has 5 aliphatic carbocycles. The van der Waals surface area contributed by atoms with E-state index in [0.717, 1.165) is 30.1 Å². The number of rotatable bonds is 4. The van der Waals surface area contributed by atoms with Gasteiger partial charge >= 0.3 is 0 Å². The Kier molecular flexibility index (Phi) is 5.72. The van der Waals surface area contributed by atoms with Crippen LogP contribution in [0.1, 0.15) is 90.9 Å². The van der Waals surface area contributed by atoms with Crippen molar-refractivity contribution in [2.75, 3.05) is 13.9 Å². The largest absolute Gasteiger partial charge is 0.359 e. The van der Waals surface area contributed by atoms with Gasteiger partial charge in [0.05, 0.1) is 10.4 Å². The first-order valence-electron chi connectivity index (χ1n) is 12.7. The maximum atomic E-state index is 12.7. The number of alkyl halides is 1. The topological polar surface area (TPSA) is 35.5 Å². The van der Waals surface area contributed by atoms with Crippen molar-refractivity contribution in [2.24, 2.45) is 40.4 Å². The van der Waals surface area contributed by atoms with Crippen LogP contribution in [-0.2, 0) is 14.3 Å². The zero-order chi connectivity index (χ0) is 21.1. The molecule has 0 saturated heterocycles. The van der Waals surface area contributed by atoms with E-state index in [1.54, 1.807) is 7.11 Å². The quantitative estimate of drug-likeness (QED) is 0.339. The second-order valence-corrected chi connectivity index (χ2v) is 13.2. The third-order valence-corrected chi connectivity index (χ3v) is 12.6. The minimum atomic E-state index is -0.231. The van der Waals surface area contributed by atoms with Gasteiger partial charge in [0.2, 0.25) is 0 Å². The van der Waals surface area contributed by atoms with Gasteiger partial charge in [-0.15, -0.1) is 0 Å². The lowest BCUT2D eigenvalue weighted by molar-refractivity contribution is -0.159. The number of ketones is 1. The predicted molar refractivity (Wildman–Crippen MR) is 122 cm³/mol. The van der Waals surface area contributed by atoms with Gasteiger partial charge in [-0.1, -0.05) is 29.3 Å². The summed E-state index contributed by atoms with van der Waals surface area (Å²) < 4.78 is 10.9. The Morgan fingerprint density at radius 1 is 1.00 bits per heavy atom. The molecule has 0 aromatic rings. The van der Waals surface area contributed by atoms with E-state index in [4.69, 9.17) is 9.47 Å². The number of hydrogen-bond donors (Lipinski definition) is 0. The van der Waals surface area contributed by atoms with E-state index in [2.05, 4.69) is 22.9 Å². The molecule has 4 heteroatoms. The minimum absolute atomic E-state index is 0.231. The Morgan fingerprint density at radius 3 is 2.60 bits per heavy atom. The zero-order valence-electron chi connectivity index (χ0n) is 19.3. The summed E-state index contributed by atoms with van der Waals surface area (Å²) in [6.07, 6.45) is 16.0. The highest BCUT2D eigenvalue weighted by Crippen LogP contribution is 2.72. The first kappa shape index (κ1) is 21.9. The van der Waals surface area contributed by atoms with E-state index in [0.29, 0.717) is 35.4 Å². The Labute approximate surface area is 191 Å². The summed E-state index contributed by atoms with van der Waals surface area (Å²) in [7, 11) is 1.73. The number of carbonyl (C=O) groups is 1. The number of hydrogen-bond acceptors (Lipinski definition) is 3.